The number of carboxylic acids is 1. The predicted molar refractivity (Wildman–Crippen MR) is 61.8 cm³/mol. The number of hydrogen-bond acceptors (Lipinski definition) is 3. The Morgan fingerprint density at radius 1 is 1.41 bits per heavy atom. The van der Waals surface area contributed by atoms with E-state index in [1.807, 2.05) is 0 Å². The lowest BCUT2D eigenvalue weighted by Gasteiger charge is -2.27. The van der Waals surface area contributed by atoms with E-state index in [2.05, 4.69) is 5.32 Å². The minimum absolute atomic E-state index is 0.153. The highest BCUT2D eigenvalue weighted by Crippen LogP contribution is 2.20. The lowest BCUT2D eigenvalue weighted by Crippen LogP contribution is -2.49. The maximum absolute atomic E-state index is 11.8. The molecule has 0 aliphatic carbocycles. The lowest BCUT2D eigenvalue weighted by molar-refractivity contribution is -0.142. The average molecular weight is 239 g/mol. The van der Waals surface area contributed by atoms with Crippen molar-refractivity contribution in [2.75, 3.05) is 0 Å². The maximum Gasteiger partial charge on any atom is 0.326 e. The van der Waals surface area contributed by atoms with Gasteiger partial charge in [0.1, 0.15) is 6.04 Å². The molecule has 5 heteroatoms. The summed E-state index contributed by atoms with van der Waals surface area (Å²) in [6.07, 6.45) is 1.40. The van der Waals surface area contributed by atoms with Crippen molar-refractivity contribution in [2.24, 2.45) is 5.41 Å². The Balaban J connectivity index is 2.86. The molecule has 0 unspecified atom stereocenters. The molecule has 0 bridgehead atoms. The van der Waals surface area contributed by atoms with Crippen LogP contribution in [0.4, 0.5) is 0 Å². The molecule has 1 amide bonds. The Bertz CT molecular complexity index is 428. The highest BCUT2D eigenvalue weighted by Gasteiger charge is 2.33. The smallest absolute Gasteiger partial charge is 0.326 e. The third-order valence-corrected chi connectivity index (χ3v) is 2.46. The van der Waals surface area contributed by atoms with Gasteiger partial charge in [-0.15, -0.1) is 0 Å². The second kappa shape index (κ2) is 4.61. The first-order valence-electron chi connectivity index (χ1n) is 5.31. The molecule has 1 rings (SSSR count). The number of carbonyl (C=O) groups is 2. The van der Waals surface area contributed by atoms with Crippen LogP contribution in [0.5, 0.6) is 0 Å². The van der Waals surface area contributed by atoms with Crippen LogP contribution in [0.25, 0.3) is 0 Å². The molecule has 5 nitrogen and oxygen atoms in total. The fourth-order valence-corrected chi connectivity index (χ4v) is 1.45. The van der Waals surface area contributed by atoms with E-state index in [1.165, 1.54) is 6.26 Å². The quantitative estimate of drug-likeness (QED) is 0.843. The second-order valence-electron chi connectivity index (χ2n) is 5.04. The first-order chi connectivity index (χ1) is 7.73. The van der Waals surface area contributed by atoms with Gasteiger partial charge in [0.25, 0.3) is 5.91 Å². The van der Waals surface area contributed by atoms with Gasteiger partial charge in [-0.1, -0.05) is 20.8 Å². The third-order valence-electron chi connectivity index (χ3n) is 2.46. The van der Waals surface area contributed by atoms with Crippen molar-refractivity contribution in [1.82, 2.24) is 5.32 Å². The summed E-state index contributed by atoms with van der Waals surface area (Å²) in [6.45, 7) is 6.98. The van der Waals surface area contributed by atoms with Gasteiger partial charge in [0, 0.05) is 5.56 Å². The van der Waals surface area contributed by atoms with Crippen molar-refractivity contribution < 1.29 is 19.1 Å². The van der Waals surface area contributed by atoms with Gasteiger partial charge >= 0.3 is 5.97 Å². The molecule has 1 aromatic heterocycles. The second-order valence-corrected chi connectivity index (χ2v) is 5.04. The number of aryl methyl sites for hydroxylation is 1. The minimum Gasteiger partial charge on any atom is -0.480 e. The molecule has 0 fully saturated rings. The van der Waals surface area contributed by atoms with Crippen LogP contribution < -0.4 is 5.32 Å². The Morgan fingerprint density at radius 2 is 2.00 bits per heavy atom. The summed E-state index contributed by atoms with van der Waals surface area (Å²) in [7, 11) is 0. The average Bonchev–Trinajstić information content (AvgIpc) is 2.58. The Hall–Kier alpha value is -1.78. The van der Waals surface area contributed by atoms with Gasteiger partial charge in [0.2, 0.25) is 0 Å². The molecule has 94 valence electrons. The summed E-state index contributed by atoms with van der Waals surface area (Å²) in [5, 5.41) is 11.5. The molecular weight excluding hydrogens is 222 g/mol. The normalized spacial score (nSPS) is 13.2. The van der Waals surface area contributed by atoms with Crippen LogP contribution in [0.2, 0.25) is 0 Å². The number of rotatable bonds is 3. The summed E-state index contributed by atoms with van der Waals surface area (Å²) >= 11 is 0. The molecule has 0 spiro atoms. The third kappa shape index (κ3) is 3.09. The van der Waals surface area contributed by atoms with E-state index >= 15 is 0 Å². The summed E-state index contributed by atoms with van der Waals surface area (Å²) in [5.74, 6) is -1.41. The van der Waals surface area contributed by atoms with Crippen LogP contribution in [-0.4, -0.2) is 23.0 Å². The van der Waals surface area contributed by atoms with Crippen molar-refractivity contribution in [3.8, 4) is 0 Å². The van der Waals surface area contributed by atoms with Crippen LogP contribution in [0.15, 0.2) is 16.7 Å². The lowest BCUT2D eigenvalue weighted by atomic mass is 9.86. The zero-order chi connectivity index (χ0) is 13.2. The van der Waals surface area contributed by atoms with E-state index in [0.29, 0.717) is 5.56 Å². The fourth-order valence-electron chi connectivity index (χ4n) is 1.45. The number of furan rings is 1. The van der Waals surface area contributed by atoms with Gasteiger partial charge in [0.05, 0.1) is 6.26 Å². The van der Waals surface area contributed by atoms with Gasteiger partial charge in [-0.25, -0.2) is 4.79 Å². The monoisotopic (exact) mass is 239 g/mol. The molecule has 0 aliphatic rings. The van der Waals surface area contributed by atoms with E-state index in [9.17, 15) is 9.59 Å². The Morgan fingerprint density at radius 3 is 2.35 bits per heavy atom. The molecule has 0 aromatic carbocycles. The first-order valence-corrected chi connectivity index (χ1v) is 5.31. The number of carboxylic acid groups (broad SMARTS) is 1. The zero-order valence-electron chi connectivity index (χ0n) is 10.4. The van der Waals surface area contributed by atoms with E-state index in [-0.39, 0.29) is 5.76 Å². The number of aliphatic carboxylic acids is 1. The highest BCUT2D eigenvalue weighted by molar-refractivity contribution is 5.95. The van der Waals surface area contributed by atoms with Gasteiger partial charge < -0.3 is 14.8 Å². The maximum atomic E-state index is 11.8. The topological polar surface area (TPSA) is 79.5 Å². The molecule has 17 heavy (non-hydrogen) atoms. The molecule has 0 saturated carbocycles. The predicted octanol–water partition coefficient (Wildman–Crippen LogP) is 1.82. The van der Waals surface area contributed by atoms with Crippen molar-refractivity contribution in [1.29, 1.82) is 0 Å². The van der Waals surface area contributed by atoms with Gasteiger partial charge in [-0.3, -0.25) is 4.79 Å². The Kier molecular flexibility index (Phi) is 3.60. The number of carbonyl (C=O) groups excluding carboxylic acids is 1. The van der Waals surface area contributed by atoms with E-state index in [4.69, 9.17) is 9.52 Å². The Labute approximate surface area is 99.8 Å². The molecule has 0 saturated heterocycles. The number of nitrogens with one attached hydrogen (secondary N) is 1. The number of amides is 1. The molecular formula is C12H17NO4. The van der Waals surface area contributed by atoms with E-state index in [0.717, 1.165) is 0 Å². The van der Waals surface area contributed by atoms with Gasteiger partial charge in [-0.2, -0.15) is 0 Å². The number of hydrogen-bond donors (Lipinski definition) is 2. The summed E-state index contributed by atoms with van der Waals surface area (Å²) in [4.78, 5) is 22.9. The molecule has 1 heterocycles. The summed E-state index contributed by atoms with van der Waals surface area (Å²) < 4.78 is 5.01. The van der Waals surface area contributed by atoms with Crippen molar-refractivity contribution in [3.05, 3.63) is 23.7 Å². The molecule has 1 aromatic rings. The first kappa shape index (κ1) is 13.3. The SMILES string of the molecule is Cc1ccoc1C(=O)N[C@H](C(=O)O)C(C)(C)C. The van der Waals surface area contributed by atoms with Gasteiger partial charge in [0.15, 0.2) is 5.76 Å². The van der Waals surface area contributed by atoms with Crippen LogP contribution in [0.1, 0.15) is 36.9 Å². The molecule has 2 N–H and O–H groups in total. The van der Waals surface area contributed by atoms with E-state index < -0.39 is 23.3 Å². The van der Waals surface area contributed by atoms with Crippen molar-refractivity contribution in [2.45, 2.75) is 33.7 Å². The van der Waals surface area contributed by atoms with Crippen LogP contribution in [0.3, 0.4) is 0 Å². The fraction of sp³-hybridized carbons (Fsp3) is 0.500. The van der Waals surface area contributed by atoms with Crippen molar-refractivity contribution in [3.63, 3.8) is 0 Å². The van der Waals surface area contributed by atoms with Crippen LogP contribution >= 0.6 is 0 Å². The van der Waals surface area contributed by atoms with Crippen LogP contribution in [-0.2, 0) is 4.79 Å². The largest absolute Gasteiger partial charge is 0.480 e. The van der Waals surface area contributed by atoms with Gasteiger partial charge in [-0.05, 0) is 18.4 Å². The standard InChI is InChI=1S/C12H17NO4/c1-7-5-6-17-8(7)10(14)13-9(11(15)16)12(2,3)4/h5-6,9H,1-4H3,(H,13,14)(H,15,16)/t9-/m1/s1. The summed E-state index contributed by atoms with van der Waals surface area (Å²) in [6, 6.07) is 0.696. The van der Waals surface area contributed by atoms with Crippen LogP contribution in [0, 0.1) is 12.3 Å². The minimum atomic E-state index is -1.06. The molecule has 1 atom stereocenters. The van der Waals surface area contributed by atoms with E-state index in [1.54, 1.807) is 33.8 Å². The highest BCUT2D eigenvalue weighted by atomic mass is 16.4. The summed E-state index contributed by atoms with van der Waals surface area (Å²) in [5.41, 5.74) is 0.114. The van der Waals surface area contributed by atoms with Crippen molar-refractivity contribution >= 4 is 11.9 Å². The molecule has 0 radical (unpaired) electrons. The molecule has 0 aliphatic heterocycles. The zero-order valence-corrected chi connectivity index (χ0v) is 10.4.